The van der Waals surface area contributed by atoms with Gasteiger partial charge in [-0.15, -0.1) is 0 Å². The van der Waals surface area contributed by atoms with Crippen LogP contribution < -0.4 is 0 Å². The van der Waals surface area contributed by atoms with Crippen LogP contribution in [0.25, 0.3) is 0 Å². The normalized spacial score (nSPS) is 10.1. The molecule has 0 radical (unpaired) electrons. The van der Waals surface area contributed by atoms with E-state index in [1.54, 1.807) is 0 Å². The second kappa shape index (κ2) is 3.66. The first-order valence-corrected chi connectivity index (χ1v) is 3.57. The molecule has 0 aliphatic rings. The average Bonchev–Trinajstić information content (AvgIpc) is 2.31. The number of hydrogen-bond donors (Lipinski definition) is 2. The number of nitrogens with one attached hydrogen (secondary N) is 1. The molecule has 8 heteroatoms. The van der Waals surface area contributed by atoms with Crippen molar-refractivity contribution in [3.63, 3.8) is 0 Å². The van der Waals surface area contributed by atoms with Gasteiger partial charge in [-0.1, -0.05) is 10.3 Å². The van der Waals surface area contributed by atoms with Gasteiger partial charge in [-0.3, -0.25) is 0 Å². The molecule has 0 aliphatic heterocycles. The summed E-state index contributed by atoms with van der Waals surface area (Å²) in [5.41, 5.74) is 0. The fourth-order valence-electron chi connectivity index (χ4n) is 0.376. The Morgan fingerprint density at radius 2 is 2.70 bits per heavy atom. The minimum Gasteiger partial charge on any atom is -0.239 e. The minimum atomic E-state index is 0.324. The molecule has 2 N–H and O–H groups in total. The number of H-pyrrole nitrogens is 1. The third-order valence-corrected chi connectivity index (χ3v) is 1.54. The summed E-state index contributed by atoms with van der Waals surface area (Å²) in [5, 5.41) is 17.3. The molecule has 0 atom stereocenters. The lowest BCUT2D eigenvalue weighted by Crippen LogP contribution is -1.96. The van der Waals surface area contributed by atoms with E-state index >= 15 is 0 Å². The standard InChI is InChI=1S/C2H4N4O2S2/c7-8-10-1-6-2(9)3-4-5-6/h7H,1H2,(H,3,5,9). The van der Waals surface area contributed by atoms with Gasteiger partial charge in [0.2, 0.25) is 4.77 Å². The van der Waals surface area contributed by atoms with E-state index in [1.165, 1.54) is 4.68 Å². The van der Waals surface area contributed by atoms with E-state index in [1.807, 2.05) is 0 Å². The molecule has 0 aromatic carbocycles. The Labute approximate surface area is 65.3 Å². The Morgan fingerprint density at radius 1 is 1.90 bits per heavy atom. The summed E-state index contributed by atoms with van der Waals surface area (Å²) in [5.74, 6) is 0.336. The minimum absolute atomic E-state index is 0.324. The molecule has 6 nitrogen and oxygen atoms in total. The summed E-state index contributed by atoms with van der Waals surface area (Å²) >= 11 is 5.53. The van der Waals surface area contributed by atoms with Crippen molar-refractivity contribution < 1.29 is 9.59 Å². The highest BCUT2D eigenvalue weighted by molar-refractivity contribution is 7.93. The number of tetrazole rings is 1. The topological polar surface area (TPSA) is 76.0 Å². The van der Waals surface area contributed by atoms with E-state index in [0.29, 0.717) is 10.6 Å². The molecule has 0 spiro atoms. The number of nitrogens with zero attached hydrogens (tertiary/aromatic N) is 3. The van der Waals surface area contributed by atoms with Crippen LogP contribution in [-0.2, 0) is 10.2 Å². The second-order valence-corrected chi connectivity index (χ2v) is 2.34. The van der Waals surface area contributed by atoms with Crippen molar-refractivity contribution in [2.75, 3.05) is 0 Å². The Kier molecular flexibility index (Phi) is 2.81. The highest BCUT2D eigenvalue weighted by atomic mass is 32.2. The second-order valence-electron chi connectivity index (χ2n) is 1.33. The fraction of sp³-hybridized carbons (Fsp3) is 0.500. The Balaban J connectivity index is 2.57. The third-order valence-electron chi connectivity index (χ3n) is 0.766. The number of hydrogen-bond acceptors (Lipinski definition) is 6. The van der Waals surface area contributed by atoms with Crippen LogP contribution in [0.5, 0.6) is 0 Å². The van der Waals surface area contributed by atoms with Crippen molar-refractivity contribution in [3.8, 4) is 0 Å². The van der Waals surface area contributed by atoms with Crippen molar-refractivity contribution in [2.24, 2.45) is 0 Å². The smallest absolute Gasteiger partial charge is 0.239 e. The van der Waals surface area contributed by atoms with Gasteiger partial charge in [0.15, 0.2) is 0 Å². The number of rotatable bonds is 3. The van der Waals surface area contributed by atoms with Crippen molar-refractivity contribution in [1.82, 2.24) is 20.2 Å². The maximum atomic E-state index is 7.92. The highest BCUT2D eigenvalue weighted by Crippen LogP contribution is 2.01. The maximum absolute atomic E-state index is 7.92. The van der Waals surface area contributed by atoms with Gasteiger partial charge >= 0.3 is 0 Å². The van der Waals surface area contributed by atoms with Gasteiger partial charge in [0.05, 0.1) is 12.0 Å². The van der Waals surface area contributed by atoms with Gasteiger partial charge in [-0.2, -0.15) is 9.55 Å². The molecule has 0 aliphatic carbocycles. The molecule has 0 amide bonds. The summed E-state index contributed by atoms with van der Waals surface area (Å²) in [4.78, 5) is 0. The molecular weight excluding hydrogens is 176 g/mol. The predicted molar refractivity (Wildman–Crippen MR) is 36.5 cm³/mol. The molecule has 1 heterocycles. The monoisotopic (exact) mass is 180 g/mol. The van der Waals surface area contributed by atoms with E-state index in [9.17, 15) is 0 Å². The summed E-state index contributed by atoms with van der Waals surface area (Å²) in [7, 11) is 0. The first-order chi connectivity index (χ1) is 4.84. The zero-order chi connectivity index (χ0) is 7.40. The van der Waals surface area contributed by atoms with Gasteiger partial charge < -0.3 is 0 Å². The summed E-state index contributed by atoms with van der Waals surface area (Å²) in [6, 6.07) is 0. The molecule has 0 fully saturated rings. The summed E-state index contributed by atoms with van der Waals surface area (Å²) in [6.45, 7) is 0. The van der Waals surface area contributed by atoms with Gasteiger partial charge in [0.1, 0.15) is 5.88 Å². The summed E-state index contributed by atoms with van der Waals surface area (Å²) in [6.07, 6.45) is 0. The number of aromatic nitrogens is 4. The highest BCUT2D eigenvalue weighted by Gasteiger charge is 1.93. The third kappa shape index (κ3) is 1.77. The zero-order valence-corrected chi connectivity index (χ0v) is 6.35. The van der Waals surface area contributed by atoms with Crippen LogP contribution in [0, 0.1) is 4.77 Å². The lowest BCUT2D eigenvalue weighted by molar-refractivity contribution is -0.117. The first-order valence-electron chi connectivity index (χ1n) is 2.25. The first kappa shape index (κ1) is 7.66. The molecule has 0 unspecified atom stereocenters. The van der Waals surface area contributed by atoms with Gasteiger partial charge in [-0.05, 0) is 12.2 Å². The van der Waals surface area contributed by atoms with E-state index in [-0.39, 0.29) is 0 Å². The lowest BCUT2D eigenvalue weighted by atomic mass is 11.2. The van der Waals surface area contributed by atoms with Crippen molar-refractivity contribution in [2.45, 2.75) is 5.88 Å². The van der Waals surface area contributed by atoms with Crippen LogP contribution in [0.2, 0.25) is 0 Å². The molecule has 1 aromatic heterocycles. The van der Waals surface area contributed by atoms with E-state index in [4.69, 9.17) is 17.5 Å². The molecule has 0 bridgehead atoms. The molecule has 1 aromatic rings. The van der Waals surface area contributed by atoms with Crippen molar-refractivity contribution >= 4 is 24.3 Å². The molecule has 56 valence electrons. The SMILES string of the molecule is OOSCn1[nH]nnc1=S. The van der Waals surface area contributed by atoms with Gasteiger partial charge in [0.25, 0.3) is 0 Å². The predicted octanol–water partition coefficient (Wildman–Crippen LogP) is 0.431. The van der Waals surface area contributed by atoms with Crippen LogP contribution in [0.3, 0.4) is 0 Å². The Bertz CT molecular complexity index is 243. The van der Waals surface area contributed by atoms with Crippen molar-refractivity contribution in [3.05, 3.63) is 4.77 Å². The Hall–Kier alpha value is -0.440. The van der Waals surface area contributed by atoms with E-state index in [2.05, 4.69) is 19.9 Å². The lowest BCUT2D eigenvalue weighted by Gasteiger charge is -1.93. The summed E-state index contributed by atoms with van der Waals surface area (Å²) < 4.78 is 5.51. The molecule has 0 saturated carbocycles. The molecule has 10 heavy (non-hydrogen) atoms. The van der Waals surface area contributed by atoms with Gasteiger partial charge in [0, 0.05) is 0 Å². The average molecular weight is 180 g/mol. The maximum Gasteiger partial charge on any atom is 0.239 e. The van der Waals surface area contributed by atoms with Gasteiger partial charge in [-0.25, -0.2) is 9.94 Å². The molecule has 0 saturated heterocycles. The van der Waals surface area contributed by atoms with E-state index in [0.717, 1.165) is 12.0 Å². The van der Waals surface area contributed by atoms with E-state index < -0.39 is 0 Å². The van der Waals surface area contributed by atoms with Crippen LogP contribution >= 0.6 is 24.3 Å². The fourth-order valence-corrected chi connectivity index (χ4v) is 0.937. The zero-order valence-electron chi connectivity index (χ0n) is 4.72. The van der Waals surface area contributed by atoms with Crippen LogP contribution in [0.1, 0.15) is 0 Å². The van der Waals surface area contributed by atoms with Crippen LogP contribution in [0.15, 0.2) is 0 Å². The molecular formula is C2H4N4O2S2. The molecule has 1 rings (SSSR count). The largest absolute Gasteiger partial charge is 0.239 e. The Morgan fingerprint density at radius 3 is 3.20 bits per heavy atom. The van der Waals surface area contributed by atoms with Crippen LogP contribution in [0.4, 0.5) is 0 Å². The van der Waals surface area contributed by atoms with Crippen LogP contribution in [-0.4, -0.2) is 25.5 Å². The number of aromatic amines is 1. The quantitative estimate of drug-likeness (QED) is 0.304. The van der Waals surface area contributed by atoms with Crippen molar-refractivity contribution in [1.29, 1.82) is 0 Å².